The van der Waals surface area contributed by atoms with E-state index in [1.165, 1.54) is 6.20 Å². The number of benzene rings is 1. The molecule has 7 heteroatoms. The summed E-state index contributed by atoms with van der Waals surface area (Å²) in [5.74, 6) is 0.562. The first-order chi connectivity index (χ1) is 11.2. The molecule has 7 nitrogen and oxygen atoms in total. The zero-order chi connectivity index (χ0) is 16.2. The lowest BCUT2D eigenvalue weighted by atomic mass is 10.2. The Labute approximate surface area is 132 Å². The average Bonchev–Trinajstić information content (AvgIpc) is 2.99. The van der Waals surface area contributed by atoms with Gasteiger partial charge in [-0.15, -0.1) is 0 Å². The third kappa shape index (κ3) is 3.08. The summed E-state index contributed by atoms with van der Waals surface area (Å²) in [4.78, 5) is 26.1. The number of nitrogens with one attached hydrogen (secondary N) is 1. The lowest BCUT2D eigenvalue weighted by molar-refractivity contribution is -0.120. The van der Waals surface area contributed by atoms with Gasteiger partial charge in [-0.1, -0.05) is 0 Å². The van der Waals surface area contributed by atoms with Gasteiger partial charge in [-0.25, -0.2) is 9.78 Å². The summed E-state index contributed by atoms with van der Waals surface area (Å²) in [6.45, 7) is 2.39. The summed E-state index contributed by atoms with van der Waals surface area (Å²) in [7, 11) is 0. The lowest BCUT2D eigenvalue weighted by Gasteiger charge is -2.12. The van der Waals surface area contributed by atoms with Crippen LogP contribution in [-0.2, 0) is 9.53 Å². The van der Waals surface area contributed by atoms with E-state index < -0.39 is 12.2 Å². The number of rotatable bonds is 5. The number of carbonyl (C=O) groups is 2. The topological polar surface area (TPSA) is 86.8 Å². The summed E-state index contributed by atoms with van der Waals surface area (Å²) in [6, 6.07) is 8.36. The summed E-state index contributed by atoms with van der Waals surface area (Å²) in [5, 5.41) is 3.15. The first-order valence-electron chi connectivity index (χ1n) is 7.02. The zero-order valence-electron chi connectivity index (χ0n) is 12.3. The summed E-state index contributed by atoms with van der Waals surface area (Å²) in [5.41, 5.74) is 1.65. The highest BCUT2D eigenvalue weighted by atomic mass is 16.5. The van der Waals surface area contributed by atoms with Crippen LogP contribution in [-0.4, -0.2) is 24.0 Å². The smallest absolute Gasteiger partial charge is 0.356 e. The van der Waals surface area contributed by atoms with E-state index in [-0.39, 0.29) is 12.3 Å². The van der Waals surface area contributed by atoms with Crippen molar-refractivity contribution in [2.24, 2.45) is 0 Å². The van der Waals surface area contributed by atoms with Crippen LogP contribution in [0.4, 0.5) is 5.69 Å². The van der Waals surface area contributed by atoms with Crippen LogP contribution < -0.4 is 14.8 Å². The molecule has 2 heterocycles. The molecule has 23 heavy (non-hydrogen) atoms. The SMILES string of the molecule is CCOC(=O)c1cc(C2Nc3cc(OC=O)ccc3O2)ccn1. The standard InChI is InChI=1S/C16H14N2O5/c1-2-21-16(20)13-7-10(5-6-17-13)15-18-12-8-11(22-9-19)3-4-14(12)23-15/h3-9,15,18H,2H2,1H3. The van der Waals surface area contributed by atoms with Gasteiger partial charge in [0, 0.05) is 17.8 Å². The van der Waals surface area contributed by atoms with E-state index in [2.05, 4.69) is 10.3 Å². The van der Waals surface area contributed by atoms with Gasteiger partial charge in [0.25, 0.3) is 6.47 Å². The third-order valence-corrected chi connectivity index (χ3v) is 3.24. The summed E-state index contributed by atoms with van der Waals surface area (Å²) in [6.07, 6.45) is 1.06. The molecule has 1 aromatic heterocycles. The number of aromatic nitrogens is 1. The Kier molecular flexibility index (Phi) is 4.09. The Morgan fingerprint density at radius 2 is 2.26 bits per heavy atom. The van der Waals surface area contributed by atoms with Gasteiger partial charge in [0.05, 0.1) is 12.3 Å². The number of ether oxygens (including phenoxy) is 3. The van der Waals surface area contributed by atoms with Gasteiger partial charge in [-0.2, -0.15) is 0 Å². The number of fused-ring (bicyclic) bond motifs is 1. The van der Waals surface area contributed by atoms with Crippen LogP contribution in [0.1, 0.15) is 29.2 Å². The molecule has 1 unspecified atom stereocenters. The van der Waals surface area contributed by atoms with Gasteiger partial charge in [0.15, 0.2) is 6.23 Å². The summed E-state index contributed by atoms with van der Waals surface area (Å²) >= 11 is 0. The molecule has 0 bridgehead atoms. The largest absolute Gasteiger partial charge is 0.464 e. The van der Waals surface area contributed by atoms with Crippen LogP contribution in [0.15, 0.2) is 36.5 Å². The number of pyridine rings is 1. The predicted molar refractivity (Wildman–Crippen MR) is 80.3 cm³/mol. The van der Waals surface area contributed by atoms with Crippen molar-refractivity contribution in [3.8, 4) is 11.5 Å². The number of hydrogen-bond acceptors (Lipinski definition) is 7. The first kappa shape index (κ1) is 14.8. The number of carbonyl (C=O) groups excluding carboxylic acids is 2. The maximum atomic E-state index is 11.8. The van der Waals surface area contributed by atoms with E-state index in [1.807, 2.05) is 0 Å². The van der Waals surface area contributed by atoms with Crippen LogP contribution in [0, 0.1) is 0 Å². The molecule has 0 radical (unpaired) electrons. The van der Waals surface area contributed by atoms with Gasteiger partial charge in [0.2, 0.25) is 0 Å². The number of anilines is 1. The minimum absolute atomic E-state index is 0.218. The molecule has 118 valence electrons. The molecule has 1 N–H and O–H groups in total. The predicted octanol–water partition coefficient (Wildman–Crippen LogP) is 2.30. The molecular formula is C16H14N2O5. The highest BCUT2D eigenvalue weighted by Crippen LogP contribution is 2.39. The Morgan fingerprint density at radius 3 is 3.04 bits per heavy atom. The molecule has 0 fully saturated rings. The summed E-state index contributed by atoms with van der Waals surface area (Å²) < 4.78 is 15.5. The van der Waals surface area contributed by atoms with E-state index in [1.54, 1.807) is 37.3 Å². The fraction of sp³-hybridized carbons (Fsp3) is 0.188. The molecule has 1 aliphatic heterocycles. The van der Waals surface area contributed by atoms with Crippen molar-refractivity contribution in [3.05, 3.63) is 47.8 Å². The quantitative estimate of drug-likeness (QED) is 0.669. The third-order valence-electron chi connectivity index (χ3n) is 3.24. The van der Waals surface area contributed by atoms with Gasteiger partial charge in [-0.05, 0) is 31.2 Å². The van der Waals surface area contributed by atoms with Crippen LogP contribution >= 0.6 is 0 Å². The molecule has 2 aromatic rings. The molecule has 0 amide bonds. The molecule has 1 atom stereocenters. The van der Waals surface area contributed by atoms with Gasteiger partial charge < -0.3 is 19.5 Å². The maximum absolute atomic E-state index is 11.8. The van der Waals surface area contributed by atoms with E-state index in [0.717, 1.165) is 5.56 Å². The van der Waals surface area contributed by atoms with Crippen molar-refractivity contribution in [3.63, 3.8) is 0 Å². The molecule has 0 saturated heterocycles. The Bertz CT molecular complexity index is 747. The Balaban J connectivity index is 1.80. The van der Waals surface area contributed by atoms with Crippen molar-refractivity contribution >= 4 is 18.1 Å². The second-order valence-corrected chi connectivity index (χ2v) is 4.71. The lowest BCUT2D eigenvalue weighted by Crippen LogP contribution is -2.13. The Hall–Kier alpha value is -3.09. The second kappa shape index (κ2) is 6.35. The number of esters is 1. The average molecular weight is 314 g/mol. The molecule has 3 rings (SSSR count). The van der Waals surface area contributed by atoms with E-state index in [4.69, 9.17) is 14.2 Å². The van der Waals surface area contributed by atoms with Crippen molar-refractivity contribution in [2.45, 2.75) is 13.2 Å². The van der Waals surface area contributed by atoms with Crippen LogP contribution in [0.3, 0.4) is 0 Å². The Morgan fingerprint density at radius 1 is 1.39 bits per heavy atom. The highest BCUT2D eigenvalue weighted by molar-refractivity contribution is 5.87. The number of hydrogen-bond donors (Lipinski definition) is 1. The van der Waals surface area contributed by atoms with Crippen molar-refractivity contribution in [1.29, 1.82) is 0 Å². The number of nitrogens with zero attached hydrogens (tertiary/aromatic N) is 1. The van der Waals surface area contributed by atoms with Crippen LogP contribution in [0.2, 0.25) is 0 Å². The monoisotopic (exact) mass is 314 g/mol. The fourth-order valence-corrected chi connectivity index (χ4v) is 2.23. The molecular weight excluding hydrogens is 300 g/mol. The van der Waals surface area contributed by atoms with Crippen LogP contribution in [0.5, 0.6) is 11.5 Å². The molecule has 0 aliphatic carbocycles. The van der Waals surface area contributed by atoms with Gasteiger partial charge >= 0.3 is 5.97 Å². The molecule has 0 saturated carbocycles. The van der Waals surface area contributed by atoms with E-state index in [0.29, 0.717) is 23.7 Å². The molecule has 1 aliphatic rings. The molecule has 1 aromatic carbocycles. The minimum Gasteiger partial charge on any atom is -0.464 e. The maximum Gasteiger partial charge on any atom is 0.356 e. The normalized spacial score (nSPS) is 15.1. The minimum atomic E-state index is -0.480. The van der Waals surface area contributed by atoms with E-state index >= 15 is 0 Å². The fourth-order valence-electron chi connectivity index (χ4n) is 2.23. The van der Waals surface area contributed by atoms with Crippen molar-refractivity contribution < 1.29 is 23.8 Å². The van der Waals surface area contributed by atoms with Crippen molar-refractivity contribution in [1.82, 2.24) is 4.98 Å². The van der Waals surface area contributed by atoms with Gasteiger partial charge in [0.1, 0.15) is 17.2 Å². The van der Waals surface area contributed by atoms with Gasteiger partial charge in [-0.3, -0.25) is 4.79 Å². The first-order valence-corrected chi connectivity index (χ1v) is 7.02. The van der Waals surface area contributed by atoms with E-state index in [9.17, 15) is 9.59 Å². The highest BCUT2D eigenvalue weighted by Gasteiger charge is 2.25. The second-order valence-electron chi connectivity index (χ2n) is 4.71. The van der Waals surface area contributed by atoms with Crippen molar-refractivity contribution in [2.75, 3.05) is 11.9 Å². The molecule has 0 spiro atoms. The van der Waals surface area contributed by atoms with Crippen LogP contribution in [0.25, 0.3) is 0 Å². The zero-order valence-corrected chi connectivity index (χ0v) is 12.3.